The Bertz CT molecular complexity index is 363. The van der Waals surface area contributed by atoms with Crippen LogP contribution in [0.2, 0.25) is 0 Å². The lowest BCUT2D eigenvalue weighted by atomic mass is 10.1. The van der Waals surface area contributed by atoms with Crippen molar-refractivity contribution in [2.24, 2.45) is 0 Å². The van der Waals surface area contributed by atoms with E-state index in [1.165, 1.54) is 6.92 Å². The van der Waals surface area contributed by atoms with E-state index in [4.69, 9.17) is 0 Å². The van der Waals surface area contributed by atoms with Gasteiger partial charge >= 0.3 is 0 Å². The summed E-state index contributed by atoms with van der Waals surface area (Å²) in [4.78, 5) is 21.8. The average Bonchev–Trinajstić information content (AvgIpc) is 2.07. The molecule has 1 aromatic carbocycles. The fraction of sp³-hybridized carbons (Fsp3) is 0.200. The first kappa shape index (κ1) is 11.2. The second-order valence-electron chi connectivity index (χ2n) is 2.87. The molecule has 0 bridgehead atoms. The molecule has 2 amide bonds. The van der Waals surface area contributed by atoms with Gasteiger partial charge in [-0.1, -0.05) is 18.2 Å². The molecule has 1 aromatic rings. The van der Waals surface area contributed by atoms with Gasteiger partial charge in [0.1, 0.15) is 0 Å². The molecule has 0 aliphatic carbocycles. The van der Waals surface area contributed by atoms with Crippen molar-refractivity contribution in [3.05, 3.63) is 33.4 Å². The van der Waals surface area contributed by atoms with E-state index in [2.05, 4.69) is 27.9 Å². The van der Waals surface area contributed by atoms with Gasteiger partial charge in [-0.25, -0.2) is 0 Å². The quantitative estimate of drug-likeness (QED) is 0.842. The first-order valence-corrected chi connectivity index (χ1v) is 5.21. The molecule has 0 saturated carbocycles. The summed E-state index contributed by atoms with van der Waals surface area (Å²) >= 11 is 2.16. The maximum atomic E-state index is 11.2. The van der Waals surface area contributed by atoms with Gasteiger partial charge in [-0.15, -0.1) is 0 Å². The molecule has 0 aliphatic heterocycles. The summed E-state index contributed by atoms with van der Waals surface area (Å²) in [5.74, 6) is -0.581. The summed E-state index contributed by atoms with van der Waals surface area (Å²) in [7, 11) is 0. The minimum absolute atomic E-state index is 0.249. The molecule has 3 nitrogen and oxygen atoms in total. The van der Waals surface area contributed by atoms with Gasteiger partial charge in [0.05, 0.1) is 6.42 Å². The third kappa shape index (κ3) is 3.45. The third-order valence-electron chi connectivity index (χ3n) is 1.62. The van der Waals surface area contributed by atoms with E-state index in [-0.39, 0.29) is 18.2 Å². The summed E-state index contributed by atoms with van der Waals surface area (Å²) in [6.45, 7) is 1.33. The maximum Gasteiger partial charge on any atom is 0.230 e. The zero-order valence-electron chi connectivity index (χ0n) is 7.71. The lowest BCUT2D eigenvalue weighted by molar-refractivity contribution is -0.128. The number of carbonyl (C=O) groups is 2. The molecule has 1 N–H and O–H groups in total. The first-order valence-electron chi connectivity index (χ1n) is 4.13. The number of rotatable bonds is 2. The fourth-order valence-corrected chi connectivity index (χ4v) is 1.63. The van der Waals surface area contributed by atoms with Gasteiger partial charge in [0.2, 0.25) is 11.8 Å². The van der Waals surface area contributed by atoms with E-state index in [1.807, 2.05) is 24.3 Å². The molecule has 0 fully saturated rings. The van der Waals surface area contributed by atoms with Crippen LogP contribution in [-0.4, -0.2) is 11.8 Å². The highest BCUT2D eigenvalue weighted by Crippen LogP contribution is 2.11. The molecule has 0 unspecified atom stereocenters. The molecule has 4 heteroatoms. The molecule has 1 rings (SSSR count). The maximum absolute atomic E-state index is 11.2. The highest BCUT2D eigenvalue weighted by atomic mass is 127. The van der Waals surface area contributed by atoms with Crippen LogP contribution in [0.4, 0.5) is 0 Å². The van der Waals surface area contributed by atoms with Crippen LogP contribution in [0.3, 0.4) is 0 Å². The van der Waals surface area contributed by atoms with Gasteiger partial charge in [0.15, 0.2) is 0 Å². The van der Waals surface area contributed by atoms with Crippen LogP contribution in [0.25, 0.3) is 0 Å². The predicted octanol–water partition coefficient (Wildman–Crippen LogP) is 1.50. The Morgan fingerprint density at radius 1 is 1.36 bits per heavy atom. The first-order chi connectivity index (χ1) is 6.59. The normalized spacial score (nSPS) is 9.57. The second-order valence-corrected chi connectivity index (χ2v) is 4.03. The van der Waals surface area contributed by atoms with Gasteiger partial charge < -0.3 is 0 Å². The lowest BCUT2D eigenvalue weighted by Crippen LogP contribution is -2.29. The highest BCUT2D eigenvalue weighted by Gasteiger charge is 2.06. The zero-order valence-corrected chi connectivity index (χ0v) is 9.87. The number of carbonyl (C=O) groups excluding carboxylic acids is 2. The van der Waals surface area contributed by atoms with Crippen LogP contribution in [-0.2, 0) is 16.0 Å². The Labute approximate surface area is 96.0 Å². The molecule has 0 radical (unpaired) electrons. The smallest absolute Gasteiger partial charge is 0.230 e. The topological polar surface area (TPSA) is 46.2 Å². The van der Waals surface area contributed by atoms with Crippen molar-refractivity contribution < 1.29 is 9.59 Å². The number of hydrogen-bond acceptors (Lipinski definition) is 2. The number of halogens is 1. The molecule has 0 spiro atoms. The van der Waals surface area contributed by atoms with Gasteiger partial charge in [0, 0.05) is 10.5 Å². The molecular formula is C10H10INO2. The Kier molecular flexibility index (Phi) is 4.06. The zero-order chi connectivity index (χ0) is 10.6. The SMILES string of the molecule is CC(=O)NC(=O)Cc1ccccc1I. The monoisotopic (exact) mass is 303 g/mol. The van der Waals surface area contributed by atoms with Crippen LogP contribution in [0, 0.1) is 3.57 Å². The van der Waals surface area contributed by atoms with E-state index in [9.17, 15) is 9.59 Å². The van der Waals surface area contributed by atoms with Crippen molar-refractivity contribution >= 4 is 34.4 Å². The molecular weight excluding hydrogens is 293 g/mol. The van der Waals surface area contributed by atoms with Crippen molar-refractivity contribution in [3.8, 4) is 0 Å². The van der Waals surface area contributed by atoms with Crippen molar-refractivity contribution in [2.75, 3.05) is 0 Å². The number of benzene rings is 1. The molecule has 0 atom stereocenters. The van der Waals surface area contributed by atoms with Crippen molar-refractivity contribution in [3.63, 3.8) is 0 Å². The fourth-order valence-electron chi connectivity index (χ4n) is 1.06. The standard InChI is InChI=1S/C10H10INO2/c1-7(13)12-10(14)6-8-4-2-3-5-9(8)11/h2-5H,6H2,1H3,(H,12,13,14). The van der Waals surface area contributed by atoms with Gasteiger partial charge in [-0.05, 0) is 34.2 Å². The number of hydrogen-bond donors (Lipinski definition) is 1. The molecule has 14 heavy (non-hydrogen) atoms. The summed E-state index contributed by atoms with van der Waals surface area (Å²) < 4.78 is 1.03. The van der Waals surface area contributed by atoms with Crippen LogP contribution in [0.5, 0.6) is 0 Å². The molecule has 0 aromatic heterocycles. The average molecular weight is 303 g/mol. The van der Waals surface area contributed by atoms with Crippen LogP contribution < -0.4 is 5.32 Å². The van der Waals surface area contributed by atoms with Gasteiger partial charge in [-0.2, -0.15) is 0 Å². The molecule has 0 saturated heterocycles. The largest absolute Gasteiger partial charge is 0.296 e. The van der Waals surface area contributed by atoms with Gasteiger partial charge in [0.25, 0.3) is 0 Å². The van der Waals surface area contributed by atoms with E-state index in [0.29, 0.717) is 0 Å². The predicted molar refractivity (Wildman–Crippen MR) is 61.7 cm³/mol. The number of imide groups is 1. The van der Waals surface area contributed by atoms with Gasteiger partial charge in [-0.3, -0.25) is 14.9 Å². The molecule has 0 heterocycles. The Balaban J connectivity index is 2.65. The number of amides is 2. The summed E-state index contributed by atoms with van der Waals surface area (Å²) in [5.41, 5.74) is 0.937. The van der Waals surface area contributed by atoms with E-state index in [0.717, 1.165) is 9.13 Å². The third-order valence-corrected chi connectivity index (χ3v) is 2.68. The van der Waals surface area contributed by atoms with E-state index < -0.39 is 0 Å². The number of nitrogens with one attached hydrogen (secondary N) is 1. The van der Waals surface area contributed by atoms with Crippen LogP contribution in [0.15, 0.2) is 24.3 Å². The lowest BCUT2D eigenvalue weighted by Gasteiger charge is -2.03. The summed E-state index contributed by atoms with van der Waals surface area (Å²) in [5, 5.41) is 2.24. The molecule has 0 aliphatic rings. The minimum atomic E-state index is -0.319. The van der Waals surface area contributed by atoms with E-state index in [1.54, 1.807) is 0 Å². The summed E-state index contributed by atoms with van der Waals surface area (Å²) in [6.07, 6.45) is 0.249. The minimum Gasteiger partial charge on any atom is -0.296 e. The molecule has 74 valence electrons. The van der Waals surface area contributed by atoms with E-state index >= 15 is 0 Å². The van der Waals surface area contributed by atoms with Crippen molar-refractivity contribution in [1.29, 1.82) is 0 Å². The Hall–Kier alpha value is -0.910. The summed E-state index contributed by atoms with van der Waals surface area (Å²) in [6, 6.07) is 7.59. The van der Waals surface area contributed by atoms with Crippen LogP contribution in [0.1, 0.15) is 12.5 Å². The van der Waals surface area contributed by atoms with Crippen LogP contribution >= 0.6 is 22.6 Å². The van der Waals surface area contributed by atoms with Crippen molar-refractivity contribution in [1.82, 2.24) is 5.32 Å². The second kappa shape index (κ2) is 5.09. The van der Waals surface area contributed by atoms with Crippen molar-refractivity contribution in [2.45, 2.75) is 13.3 Å². The Morgan fingerprint density at radius 3 is 2.57 bits per heavy atom. The highest BCUT2D eigenvalue weighted by molar-refractivity contribution is 14.1. The Morgan fingerprint density at radius 2 is 2.00 bits per heavy atom.